The zero-order valence-corrected chi connectivity index (χ0v) is 11.2. The maximum atomic E-state index is 6.26. The van der Waals surface area contributed by atoms with Gasteiger partial charge in [-0.25, -0.2) is 0 Å². The van der Waals surface area contributed by atoms with Crippen LogP contribution in [0.15, 0.2) is 30.3 Å². The van der Waals surface area contributed by atoms with Gasteiger partial charge in [-0.15, -0.1) is 11.6 Å². The topological polar surface area (TPSA) is 22.1 Å². The second-order valence-corrected chi connectivity index (χ2v) is 5.47. The number of fused-ring (bicyclic) bond motifs is 1. The number of para-hydroxylation sites is 1. The van der Waals surface area contributed by atoms with E-state index in [-0.39, 0.29) is 11.5 Å². The van der Waals surface area contributed by atoms with E-state index in [4.69, 9.17) is 16.3 Å². The number of nitrogens with zero attached hydrogens (tertiary/aromatic N) is 1. The molecule has 0 radical (unpaired) electrons. The fraction of sp³-hybridized carbons (Fsp3) is 0.400. The molecule has 0 bridgehead atoms. The minimum Gasteiger partial charge on any atom is -0.373 e. The molecule has 1 aliphatic heterocycles. The van der Waals surface area contributed by atoms with Crippen molar-refractivity contribution >= 4 is 22.5 Å². The number of aryl methyl sites for hydroxylation is 1. The molecule has 18 heavy (non-hydrogen) atoms. The van der Waals surface area contributed by atoms with Crippen LogP contribution in [-0.4, -0.2) is 17.0 Å². The van der Waals surface area contributed by atoms with Crippen LogP contribution in [0.4, 0.5) is 0 Å². The minimum atomic E-state index is 0.104. The first-order valence-electron chi connectivity index (χ1n) is 6.36. The van der Waals surface area contributed by atoms with Gasteiger partial charge in [-0.1, -0.05) is 18.2 Å². The summed E-state index contributed by atoms with van der Waals surface area (Å²) in [5.74, 6) is 0. The predicted molar refractivity (Wildman–Crippen MR) is 74.0 cm³/mol. The number of aromatic nitrogens is 1. The molecule has 94 valence electrons. The van der Waals surface area contributed by atoms with Crippen molar-refractivity contribution in [2.24, 2.45) is 0 Å². The summed E-state index contributed by atoms with van der Waals surface area (Å²) in [7, 11) is 0. The molecule has 0 amide bonds. The first kappa shape index (κ1) is 11.9. The zero-order valence-electron chi connectivity index (χ0n) is 10.4. The molecule has 0 aliphatic carbocycles. The highest BCUT2D eigenvalue weighted by molar-refractivity contribution is 6.20. The Balaban J connectivity index is 2.09. The SMILES string of the molecule is Cc1cc(C2CC(Cl)CCO2)c2ccccc2n1. The third-order valence-corrected chi connectivity index (χ3v) is 3.84. The van der Waals surface area contributed by atoms with Crippen molar-refractivity contribution in [3.8, 4) is 0 Å². The van der Waals surface area contributed by atoms with Crippen molar-refractivity contribution in [2.45, 2.75) is 31.2 Å². The van der Waals surface area contributed by atoms with Crippen molar-refractivity contribution in [3.63, 3.8) is 0 Å². The van der Waals surface area contributed by atoms with E-state index in [0.717, 1.165) is 30.7 Å². The molecular weight excluding hydrogens is 246 g/mol. The molecule has 2 unspecified atom stereocenters. The van der Waals surface area contributed by atoms with Crippen molar-refractivity contribution in [1.82, 2.24) is 4.98 Å². The van der Waals surface area contributed by atoms with E-state index in [9.17, 15) is 0 Å². The lowest BCUT2D eigenvalue weighted by Gasteiger charge is -2.27. The lowest BCUT2D eigenvalue weighted by Crippen LogP contribution is -2.20. The summed E-state index contributed by atoms with van der Waals surface area (Å²) >= 11 is 6.26. The maximum Gasteiger partial charge on any atom is 0.0846 e. The highest BCUT2D eigenvalue weighted by atomic mass is 35.5. The summed E-state index contributed by atoms with van der Waals surface area (Å²) in [6.07, 6.45) is 1.93. The molecule has 3 heteroatoms. The number of hydrogen-bond acceptors (Lipinski definition) is 2. The summed E-state index contributed by atoms with van der Waals surface area (Å²) in [5.41, 5.74) is 3.29. The van der Waals surface area contributed by atoms with E-state index in [1.165, 1.54) is 10.9 Å². The van der Waals surface area contributed by atoms with Crippen LogP contribution in [0.2, 0.25) is 0 Å². The quantitative estimate of drug-likeness (QED) is 0.724. The third kappa shape index (κ3) is 2.23. The molecule has 0 spiro atoms. The smallest absolute Gasteiger partial charge is 0.0846 e. The van der Waals surface area contributed by atoms with E-state index in [1.807, 2.05) is 25.1 Å². The second kappa shape index (κ2) is 4.87. The Bertz CT molecular complexity index is 569. The summed E-state index contributed by atoms with van der Waals surface area (Å²) in [5, 5.41) is 1.40. The van der Waals surface area contributed by atoms with Gasteiger partial charge in [0.1, 0.15) is 0 Å². The minimum absolute atomic E-state index is 0.104. The largest absolute Gasteiger partial charge is 0.373 e. The number of benzene rings is 1. The van der Waals surface area contributed by atoms with Gasteiger partial charge < -0.3 is 4.74 Å². The van der Waals surface area contributed by atoms with Gasteiger partial charge in [0.2, 0.25) is 0 Å². The number of rotatable bonds is 1. The first-order chi connectivity index (χ1) is 8.74. The van der Waals surface area contributed by atoms with Crippen molar-refractivity contribution in [3.05, 3.63) is 41.6 Å². The van der Waals surface area contributed by atoms with Crippen LogP contribution in [0.5, 0.6) is 0 Å². The number of pyridine rings is 1. The highest BCUT2D eigenvalue weighted by Crippen LogP contribution is 2.34. The lowest BCUT2D eigenvalue weighted by molar-refractivity contribution is 0.0177. The average molecular weight is 262 g/mol. The lowest BCUT2D eigenvalue weighted by atomic mass is 9.97. The monoisotopic (exact) mass is 261 g/mol. The summed E-state index contributed by atoms with van der Waals surface area (Å²) < 4.78 is 5.89. The van der Waals surface area contributed by atoms with Gasteiger partial charge in [-0.3, -0.25) is 4.98 Å². The van der Waals surface area contributed by atoms with E-state index in [1.54, 1.807) is 0 Å². The van der Waals surface area contributed by atoms with Crippen molar-refractivity contribution in [2.75, 3.05) is 6.61 Å². The Labute approximate surface area is 112 Å². The van der Waals surface area contributed by atoms with Crippen LogP contribution < -0.4 is 0 Å². The van der Waals surface area contributed by atoms with Gasteiger partial charge in [-0.2, -0.15) is 0 Å². The molecule has 1 aromatic heterocycles. The second-order valence-electron chi connectivity index (χ2n) is 4.85. The van der Waals surface area contributed by atoms with Crippen molar-refractivity contribution in [1.29, 1.82) is 0 Å². The third-order valence-electron chi connectivity index (χ3n) is 3.44. The van der Waals surface area contributed by atoms with E-state index >= 15 is 0 Å². The van der Waals surface area contributed by atoms with Crippen LogP contribution in [0.3, 0.4) is 0 Å². The molecule has 1 fully saturated rings. The normalized spacial score (nSPS) is 24.3. The first-order valence-corrected chi connectivity index (χ1v) is 6.79. The van der Waals surface area contributed by atoms with E-state index in [0.29, 0.717) is 0 Å². The van der Waals surface area contributed by atoms with E-state index in [2.05, 4.69) is 17.1 Å². The standard InChI is InChI=1S/C15H16ClNO/c1-10-8-13(15-9-11(16)6-7-18-15)12-4-2-3-5-14(12)17-10/h2-5,8,11,15H,6-7,9H2,1H3. The average Bonchev–Trinajstić information content (AvgIpc) is 2.37. The Morgan fingerprint density at radius 3 is 3.00 bits per heavy atom. The fourth-order valence-electron chi connectivity index (χ4n) is 2.58. The number of hydrogen-bond donors (Lipinski definition) is 0. The van der Waals surface area contributed by atoms with Crippen LogP contribution in [0.25, 0.3) is 10.9 Å². The highest BCUT2D eigenvalue weighted by Gasteiger charge is 2.24. The molecule has 0 N–H and O–H groups in total. The Hall–Kier alpha value is -1.12. The molecule has 0 saturated carbocycles. The molecule has 1 saturated heterocycles. The zero-order chi connectivity index (χ0) is 12.5. The number of ether oxygens (including phenoxy) is 1. The van der Waals surface area contributed by atoms with Crippen molar-refractivity contribution < 1.29 is 4.74 Å². The fourth-order valence-corrected chi connectivity index (χ4v) is 2.83. The molecule has 2 heterocycles. The molecular formula is C15H16ClNO. The number of alkyl halides is 1. The Kier molecular flexibility index (Phi) is 3.23. The van der Waals surface area contributed by atoms with Gasteiger partial charge in [0.05, 0.1) is 11.6 Å². The Morgan fingerprint density at radius 2 is 2.17 bits per heavy atom. The maximum absolute atomic E-state index is 6.26. The molecule has 3 rings (SSSR count). The summed E-state index contributed by atoms with van der Waals surface area (Å²) in [6.45, 7) is 2.77. The summed E-state index contributed by atoms with van der Waals surface area (Å²) in [4.78, 5) is 4.56. The molecule has 1 aromatic carbocycles. The molecule has 2 aromatic rings. The Morgan fingerprint density at radius 1 is 1.33 bits per heavy atom. The number of halogens is 1. The van der Waals surface area contributed by atoms with Gasteiger partial charge in [-0.05, 0) is 37.5 Å². The molecule has 2 nitrogen and oxygen atoms in total. The molecule has 1 aliphatic rings. The predicted octanol–water partition coefficient (Wildman–Crippen LogP) is 4.00. The van der Waals surface area contributed by atoms with Crippen LogP contribution in [0.1, 0.15) is 30.2 Å². The van der Waals surface area contributed by atoms with Crippen LogP contribution in [0, 0.1) is 6.92 Å². The van der Waals surface area contributed by atoms with Crippen LogP contribution in [-0.2, 0) is 4.74 Å². The van der Waals surface area contributed by atoms with Gasteiger partial charge in [0.25, 0.3) is 0 Å². The van der Waals surface area contributed by atoms with Gasteiger partial charge in [0, 0.05) is 23.1 Å². The summed E-state index contributed by atoms with van der Waals surface area (Å²) in [6, 6.07) is 10.3. The van der Waals surface area contributed by atoms with Gasteiger partial charge in [0.15, 0.2) is 0 Å². The van der Waals surface area contributed by atoms with Crippen LogP contribution >= 0.6 is 11.6 Å². The van der Waals surface area contributed by atoms with E-state index < -0.39 is 0 Å². The molecule has 2 atom stereocenters. The van der Waals surface area contributed by atoms with Gasteiger partial charge >= 0.3 is 0 Å².